The Balaban J connectivity index is 1.48. The van der Waals surface area contributed by atoms with E-state index in [-0.39, 0.29) is 11.8 Å². The number of rotatable bonds is 4. The fourth-order valence-electron chi connectivity index (χ4n) is 3.92. The van der Waals surface area contributed by atoms with Crippen LogP contribution in [-0.4, -0.2) is 28.1 Å². The summed E-state index contributed by atoms with van der Waals surface area (Å²) < 4.78 is 7.17. The molecule has 154 valence electrons. The third-order valence-electron chi connectivity index (χ3n) is 5.35. The minimum atomic E-state index is -0.210. The molecule has 0 spiro atoms. The Morgan fingerprint density at radius 2 is 1.97 bits per heavy atom. The van der Waals surface area contributed by atoms with Crippen molar-refractivity contribution in [1.82, 2.24) is 9.72 Å². The maximum atomic E-state index is 12.4. The highest BCUT2D eigenvalue weighted by Gasteiger charge is 2.22. The maximum absolute atomic E-state index is 12.4. The van der Waals surface area contributed by atoms with Gasteiger partial charge in [0.15, 0.2) is 5.82 Å². The number of aromatic nitrogens is 2. The van der Waals surface area contributed by atoms with Gasteiger partial charge in [0.1, 0.15) is 5.76 Å². The van der Waals surface area contributed by atoms with E-state index < -0.39 is 0 Å². The molecule has 0 bridgehead atoms. The van der Waals surface area contributed by atoms with E-state index in [0.717, 1.165) is 51.9 Å². The number of amides is 2. The average Bonchev–Trinajstić information content (AvgIpc) is 3.37. The number of aryl methyl sites for hydroxylation is 2. The summed E-state index contributed by atoms with van der Waals surface area (Å²) in [5, 5.41) is 6.98. The van der Waals surface area contributed by atoms with E-state index >= 15 is 0 Å². The molecule has 2 amide bonds. The van der Waals surface area contributed by atoms with Crippen LogP contribution in [0.15, 0.2) is 40.9 Å². The number of fused-ring (bicyclic) bond motifs is 1. The van der Waals surface area contributed by atoms with E-state index in [1.54, 1.807) is 17.9 Å². The molecular formula is C23H24N4O3. The molecule has 30 heavy (non-hydrogen) atoms. The smallest absolute Gasteiger partial charge is 0.248 e. The number of hydrogen-bond donors (Lipinski definition) is 1. The summed E-state index contributed by atoms with van der Waals surface area (Å²) >= 11 is 0. The number of benzene rings is 1. The molecule has 3 aromatic rings. The van der Waals surface area contributed by atoms with Crippen molar-refractivity contribution in [2.75, 3.05) is 16.8 Å². The fraction of sp³-hybridized carbons (Fsp3) is 0.261. The van der Waals surface area contributed by atoms with Crippen molar-refractivity contribution in [3.63, 3.8) is 0 Å². The Kier molecular flexibility index (Phi) is 5.03. The summed E-state index contributed by atoms with van der Waals surface area (Å²) in [4.78, 5) is 25.9. The molecule has 1 aliphatic heterocycles. The van der Waals surface area contributed by atoms with Crippen molar-refractivity contribution in [2.45, 2.75) is 34.1 Å². The van der Waals surface area contributed by atoms with Crippen LogP contribution in [-0.2, 0) is 16.0 Å². The molecule has 0 atom stereocenters. The van der Waals surface area contributed by atoms with Crippen LogP contribution in [0.25, 0.3) is 11.9 Å². The Morgan fingerprint density at radius 3 is 2.67 bits per heavy atom. The monoisotopic (exact) mass is 404 g/mol. The molecule has 0 saturated carbocycles. The first-order chi connectivity index (χ1) is 14.3. The van der Waals surface area contributed by atoms with Gasteiger partial charge in [0.05, 0.1) is 0 Å². The first-order valence-corrected chi connectivity index (χ1v) is 9.86. The lowest BCUT2D eigenvalue weighted by atomic mass is 10.1. The van der Waals surface area contributed by atoms with E-state index in [1.165, 1.54) is 6.08 Å². The van der Waals surface area contributed by atoms with Crippen LogP contribution < -0.4 is 10.2 Å². The summed E-state index contributed by atoms with van der Waals surface area (Å²) in [6.45, 7) is 8.07. The van der Waals surface area contributed by atoms with Crippen LogP contribution in [0.2, 0.25) is 0 Å². The highest BCUT2D eigenvalue weighted by atomic mass is 16.5. The molecule has 7 heteroatoms. The molecule has 0 unspecified atom stereocenters. The Hall–Kier alpha value is -3.61. The SMILES string of the molecule is CC(=O)N1CCc2cc(NC(=O)C=Cc3cc(C)n(-c4cc(C)on4)c3C)ccc21. The largest absolute Gasteiger partial charge is 0.360 e. The van der Waals surface area contributed by atoms with Gasteiger partial charge in [-0.25, -0.2) is 0 Å². The molecular weight excluding hydrogens is 380 g/mol. The van der Waals surface area contributed by atoms with Gasteiger partial charge in [0.25, 0.3) is 0 Å². The highest BCUT2D eigenvalue weighted by molar-refractivity contribution is 6.02. The lowest BCUT2D eigenvalue weighted by Crippen LogP contribution is -2.25. The van der Waals surface area contributed by atoms with E-state index in [4.69, 9.17) is 4.52 Å². The summed E-state index contributed by atoms with van der Waals surface area (Å²) in [5.41, 5.74) is 5.64. The van der Waals surface area contributed by atoms with Crippen LogP contribution in [0.5, 0.6) is 0 Å². The summed E-state index contributed by atoms with van der Waals surface area (Å²) in [6, 6.07) is 9.53. The average molecular weight is 404 g/mol. The van der Waals surface area contributed by atoms with Gasteiger partial charge in [0, 0.05) is 48.4 Å². The molecule has 4 rings (SSSR count). The lowest BCUT2D eigenvalue weighted by Gasteiger charge is -2.14. The molecule has 1 aliphatic rings. The minimum Gasteiger partial charge on any atom is -0.360 e. The fourth-order valence-corrected chi connectivity index (χ4v) is 3.92. The predicted octanol–water partition coefficient (Wildman–Crippen LogP) is 3.95. The van der Waals surface area contributed by atoms with Crippen molar-refractivity contribution < 1.29 is 14.1 Å². The second kappa shape index (κ2) is 7.67. The van der Waals surface area contributed by atoms with Gasteiger partial charge in [0.2, 0.25) is 11.8 Å². The van der Waals surface area contributed by atoms with Gasteiger partial charge >= 0.3 is 0 Å². The molecule has 0 radical (unpaired) electrons. The first kappa shape index (κ1) is 19.7. The molecule has 0 fully saturated rings. The zero-order valence-electron chi connectivity index (χ0n) is 17.5. The number of nitrogens with one attached hydrogen (secondary N) is 1. The second-order valence-corrected chi connectivity index (χ2v) is 7.54. The predicted molar refractivity (Wildman–Crippen MR) is 116 cm³/mol. The maximum Gasteiger partial charge on any atom is 0.248 e. The van der Waals surface area contributed by atoms with E-state index in [2.05, 4.69) is 10.5 Å². The van der Waals surface area contributed by atoms with Crippen LogP contribution in [0, 0.1) is 20.8 Å². The number of nitrogens with zero attached hydrogens (tertiary/aromatic N) is 3. The van der Waals surface area contributed by atoms with Crippen molar-refractivity contribution >= 4 is 29.3 Å². The second-order valence-electron chi connectivity index (χ2n) is 7.54. The van der Waals surface area contributed by atoms with E-state index in [9.17, 15) is 9.59 Å². The van der Waals surface area contributed by atoms with Crippen molar-refractivity contribution in [3.05, 3.63) is 64.7 Å². The topological polar surface area (TPSA) is 80.4 Å². The first-order valence-electron chi connectivity index (χ1n) is 9.86. The minimum absolute atomic E-state index is 0.0341. The zero-order chi connectivity index (χ0) is 21.4. The van der Waals surface area contributed by atoms with E-state index in [1.807, 2.05) is 55.7 Å². The lowest BCUT2D eigenvalue weighted by molar-refractivity contribution is -0.116. The Morgan fingerprint density at radius 1 is 1.17 bits per heavy atom. The van der Waals surface area contributed by atoms with Gasteiger partial charge in [-0.2, -0.15) is 0 Å². The standard InChI is InChI=1S/C23H24N4O3/c1-14-11-18(16(3)27(14)22-12-15(2)30-25-22)5-8-23(29)24-20-6-7-21-19(13-20)9-10-26(21)17(4)28/h5-8,11-13H,9-10H2,1-4H3,(H,24,29). The summed E-state index contributed by atoms with van der Waals surface area (Å²) in [7, 11) is 0. The summed E-state index contributed by atoms with van der Waals surface area (Å²) in [6.07, 6.45) is 4.11. The quantitative estimate of drug-likeness (QED) is 0.668. The molecule has 0 aliphatic carbocycles. The normalized spacial score (nSPS) is 13.1. The molecule has 0 saturated heterocycles. The van der Waals surface area contributed by atoms with Crippen LogP contribution >= 0.6 is 0 Å². The van der Waals surface area contributed by atoms with Gasteiger partial charge < -0.3 is 14.7 Å². The van der Waals surface area contributed by atoms with Gasteiger partial charge in [-0.05, 0) is 68.7 Å². The van der Waals surface area contributed by atoms with Gasteiger partial charge in [-0.1, -0.05) is 5.16 Å². The van der Waals surface area contributed by atoms with Crippen LogP contribution in [0.3, 0.4) is 0 Å². The Bertz CT molecular complexity index is 1170. The molecule has 1 aromatic carbocycles. The zero-order valence-corrected chi connectivity index (χ0v) is 17.5. The number of hydrogen-bond acceptors (Lipinski definition) is 4. The van der Waals surface area contributed by atoms with Gasteiger partial charge in [-0.3, -0.25) is 14.2 Å². The van der Waals surface area contributed by atoms with Gasteiger partial charge in [-0.15, -0.1) is 0 Å². The Labute approximate surface area is 175 Å². The van der Waals surface area contributed by atoms with Crippen molar-refractivity contribution in [2.24, 2.45) is 0 Å². The summed E-state index contributed by atoms with van der Waals surface area (Å²) in [5.74, 6) is 1.30. The van der Waals surface area contributed by atoms with Crippen molar-refractivity contribution in [3.8, 4) is 5.82 Å². The molecule has 7 nitrogen and oxygen atoms in total. The molecule has 1 N–H and O–H groups in total. The highest BCUT2D eigenvalue weighted by Crippen LogP contribution is 2.30. The van der Waals surface area contributed by atoms with E-state index in [0.29, 0.717) is 6.54 Å². The third-order valence-corrected chi connectivity index (χ3v) is 5.35. The third kappa shape index (κ3) is 3.66. The number of anilines is 2. The number of carbonyl (C=O) groups excluding carboxylic acids is 2. The molecule has 3 heterocycles. The molecule has 2 aromatic heterocycles. The number of carbonyl (C=O) groups is 2. The van der Waals surface area contributed by atoms with Crippen molar-refractivity contribution in [1.29, 1.82) is 0 Å². The van der Waals surface area contributed by atoms with Crippen LogP contribution in [0.1, 0.15) is 35.2 Å². The van der Waals surface area contributed by atoms with Crippen LogP contribution in [0.4, 0.5) is 11.4 Å².